The minimum absolute atomic E-state index is 0.246. The average molecular weight is 319 g/mol. The third-order valence-electron chi connectivity index (χ3n) is 3.84. The van der Waals surface area contributed by atoms with E-state index in [0.29, 0.717) is 5.89 Å². The van der Waals surface area contributed by atoms with Gasteiger partial charge in [-0.1, -0.05) is 26.0 Å². The molecule has 24 heavy (non-hydrogen) atoms. The van der Waals surface area contributed by atoms with Gasteiger partial charge >= 0.3 is 0 Å². The van der Waals surface area contributed by atoms with Crippen molar-refractivity contribution in [2.45, 2.75) is 19.8 Å². The Labute approximate surface area is 139 Å². The molecule has 1 aromatic carbocycles. The molecule has 0 atom stereocenters. The fourth-order valence-electron chi connectivity index (χ4n) is 2.58. The molecule has 0 aliphatic heterocycles. The summed E-state index contributed by atoms with van der Waals surface area (Å²) in [6.07, 6.45) is 7.09. The van der Waals surface area contributed by atoms with E-state index in [1.807, 2.05) is 29.0 Å². The minimum atomic E-state index is 0.246. The van der Waals surface area contributed by atoms with Crippen molar-refractivity contribution in [1.82, 2.24) is 24.7 Å². The quantitative estimate of drug-likeness (QED) is 0.616. The molecule has 0 fully saturated rings. The molecular formula is C18H17N5O. The van der Waals surface area contributed by atoms with Gasteiger partial charge in [0.15, 0.2) is 11.7 Å². The largest absolute Gasteiger partial charge is 0.448 e. The van der Waals surface area contributed by atoms with E-state index in [4.69, 9.17) is 4.42 Å². The molecule has 0 spiro atoms. The number of aromatic nitrogens is 5. The highest BCUT2D eigenvalue weighted by Crippen LogP contribution is 2.25. The maximum absolute atomic E-state index is 5.53. The number of oxazole rings is 1. The van der Waals surface area contributed by atoms with E-state index in [1.165, 1.54) is 0 Å². The number of hydrogen-bond acceptors (Lipinski definition) is 4. The Balaban J connectivity index is 1.69. The summed E-state index contributed by atoms with van der Waals surface area (Å²) in [7, 11) is 0. The van der Waals surface area contributed by atoms with Crippen LogP contribution in [0.25, 0.3) is 28.5 Å². The summed E-state index contributed by atoms with van der Waals surface area (Å²) in [5.74, 6) is 1.73. The summed E-state index contributed by atoms with van der Waals surface area (Å²) in [5.41, 5.74) is 3.83. The molecule has 3 heterocycles. The number of nitrogens with one attached hydrogen (secondary N) is 1. The fourth-order valence-corrected chi connectivity index (χ4v) is 2.58. The van der Waals surface area contributed by atoms with Crippen molar-refractivity contribution in [1.29, 1.82) is 0 Å². The molecule has 3 aromatic heterocycles. The van der Waals surface area contributed by atoms with Gasteiger partial charge in [-0.15, -0.1) is 0 Å². The zero-order chi connectivity index (χ0) is 16.5. The van der Waals surface area contributed by atoms with Gasteiger partial charge in [-0.2, -0.15) is 5.10 Å². The molecule has 0 radical (unpaired) electrons. The van der Waals surface area contributed by atoms with E-state index in [1.54, 1.807) is 18.7 Å². The van der Waals surface area contributed by atoms with Crippen LogP contribution in [-0.2, 0) is 0 Å². The number of rotatable bonds is 4. The average Bonchev–Trinajstić information content (AvgIpc) is 3.33. The first-order valence-electron chi connectivity index (χ1n) is 7.81. The molecule has 0 saturated heterocycles. The standard InChI is InChI=1S/C18H17N5O/c1-12(2)18-21-16(11-24-18)17-19-9-10-23(17)14-5-3-13(4-6-14)15-7-8-20-22-15/h3-12H,1-2H3,(H,20,22). The Kier molecular flexibility index (Phi) is 3.49. The van der Waals surface area contributed by atoms with Crippen LogP contribution in [-0.4, -0.2) is 24.7 Å². The third kappa shape index (κ3) is 2.52. The van der Waals surface area contributed by atoms with Crippen LogP contribution in [0.1, 0.15) is 25.7 Å². The molecule has 0 bridgehead atoms. The van der Waals surface area contributed by atoms with Crippen molar-refractivity contribution >= 4 is 0 Å². The minimum Gasteiger partial charge on any atom is -0.448 e. The van der Waals surface area contributed by atoms with Gasteiger partial charge in [0.1, 0.15) is 12.0 Å². The van der Waals surface area contributed by atoms with Gasteiger partial charge < -0.3 is 4.42 Å². The molecule has 6 heteroatoms. The van der Waals surface area contributed by atoms with Gasteiger partial charge in [0, 0.05) is 30.2 Å². The molecule has 120 valence electrons. The monoisotopic (exact) mass is 319 g/mol. The van der Waals surface area contributed by atoms with Crippen LogP contribution in [0.5, 0.6) is 0 Å². The van der Waals surface area contributed by atoms with Crippen LogP contribution < -0.4 is 0 Å². The van der Waals surface area contributed by atoms with Crippen molar-refractivity contribution in [2.75, 3.05) is 0 Å². The fraction of sp³-hybridized carbons (Fsp3) is 0.167. The zero-order valence-electron chi connectivity index (χ0n) is 13.5. The van der Waals surface area contributed by atoms with Gasteiger partial charge in [-0.25, -0.2) is 9.97 Å². The van der Waals surface area contributed by atoms with Gasteiger partial charge in [0.25, 0.3) is 0 Å². The molecule has 0 saturated carbocycles. The first-order valence-corrected chi connectivity index (χ1v) is 7.81. The highest BCUT2D eigenvalue weighted by Gasteiger charge is 2.14. The second kappa shape index (κ2) is 5.81. The summed E-state index contributed by atoms with van der Waals surface area (Å²) in [5, 5.41) is 6.95. The molecule has 0 aliphatic rings. The topological polar surface area (TPSA) is 72.5 Å². The lowest BCUT2D eigenvalue weighted by molar-refractivity contribution is 0.471. The molecular weight excluding hydrogens is 302 g/mol. The first kappa shape index (κ1) is 14.4. The van der Waals surface area contributed by atoms with E-state index < -0.39 is 0 Å². The summed E-state index contributed by atoms with van der Waals surface area (Å²) < 4.78 is 7.53. The lowest BCUT2D eigenvalue weighted by Crippen LogP contribution is -1.97. The smallest absolute Gasteiger partial charge is 0.197 e. The molecule has 1 N–H and O–H groups in total. The lowest BCUT2D eigenvalue weighted by atomic mass is 10.1. The molecule has 4 aromatic rings. The predicted octanol–water partition coefficient (Wildman–Crippen LogP) is 4.04. The molecule has 4 rings (SSSR count). The third-order valence-corrected chi connectivity index (χ3v) is 3.84. The Morgan fingerprint density at radius 2 is 1.92 bits per heavy atom. The van der Waals surface area contributed by atoms with Crippen LogP contribution >= 0.6 is 0 Å². The number of imidazole rings is 1. The maximum Gasteiger partial charge on any atom is 0.197 e. The first-order chi connectivity index (χ1) is 11.7. The molecule has 0 amide bonds. The van der Waals surface area contributed by atoms with Crippen molar-refractivity contribution < 1.29 is 4.42 Å². The van der Waals surface area contributed by atoms with Gasteiger partial charge in [-0.3, -0.25) is 9.67 Å². The summed E-state index contributed by atoms with van der Waals surface area (Å²) in [4.78, 5) is 8.97. The van der Waals surface area contributed by atoms with Crippen molar-refractivity contribution in [2.24, 2.45) is 0 Å². The number of nitrogens with zero attached hydrogens (tertiary/aromatic N) is 4. The number of aromatic amines is 1. The Bertz CT molecular complexity index is 932. The Hall–Kier alpha value is -3.15. The second-order valence-electron chi connectivity index (χ2n) is 5.86. The van der Waals surface area contributed by atoms with E-state index in [9.17, 15) is 0 Å². The van der Waals surface area contributed by atoms with E-state index >= 15 is 0 Å². The highest BCUT2D eigenvalue weighted by atomic mass is 16.3. The molecule has 0 unspecified atom stereocenters. The predicted molar refractivity (Wildman–Crippen MR) is 90.7 cm³/mol. The highest BCUT2D eigenvalue weighted by molar-refractivity contribution is 5.61. The number of hydrogen-bond donors (Lipinski definition) is 1. The van der Waals surface area contributed by atoms with Gasteiger partial charge in [0.05, 0.1) is 5.69 Å². The van der Waals surface area contributed by atoms with Crippen LogP contribution in [0.2, 0.25) is 0 Å². The SMILES string of the molecule is CC(C)c1nc(-c2nccn2-c2ccc(-c3ccn[nH]3)cc2)co1. The lowest BCUT2D eigenvalue weighted by Gasteiger charge is -2.07. The van der Waals surface area contributed by atoms with Crippen LogP contribution in [0, 0.1) is 0 Å². The van der Waals surface area contributed by atoms with E-state index in [-0.39, 0.29) is 5.92 Å². The van der Waals surface area contributed by atoms with Crippen LogP contribution in [0.3, 0.4) is 0 Å². The zero-order valence-corrected chi connectivity index (χ0v) is 13.5. The second-order valence-corrected chi connectivity index (χ2v) is 5.86. The van der Waals surface area contributed by atoms with Crippen molar-refractivity contribution in [3.05, 3.63) is 61.1 Å². The van der Waals surface area contributed by atoms with Crippen LogP contribution in [0.15, 0.2) is 59.6 Å². The van der Waals surface area contributed by atoms with Crippen molar-refractivity contribution in [3.63, 3.8) is 0 Å². The van der Waals surface area contributed by atoms with Gasteiger partial charge in [0.2, 0.25) is 0 Å². The van der Waals surface area contributed by atoms with Crippen molar-refractivity contribution in [3.8, 4) is 28.5 Å². The van der Waals surface area contributed by atoms with Gasteiger partial charge in [-0.05, 0) is 23.8 Å². The van der Waals surface area contributed by atoms with E-state index in [0.717, 1.165) is 28.5 Å². The van der Waals surface area contributed by atoms with E-state index in [2.05, 4.69) is 46.1 Å². The number of H-pyrrole nitrogens is 1. The number of benzene rings is 1. The molecule has 6 nitrogen and oxygen atoms in total. The Morgan fingerprint density at radius 3 is 2.58 bits per heavy atom. The normalized spacial score (nSPS) is 11.3. The maximum atomic E-state index is 5.53. The van der Waals surface area contributed by atoms with Crippen LogP contribution in [0.4, 0.5) is 0 Å². The summed E-state index contributed by atoms with van der Waals surface area (Å²) in [6.45, 7) is 4.10. The molecule has 0 aliphatic carbocycles. The summed E-state index contributed by atoms with van der Waals surface area (Å²) >= 11 is 0. The Morgan fingerprint density at radius 1 is 1.08 bits per heavy atom. The summed E-state index contributed by atoms with van der Waals surface area (Å²) in [6, 6.07) is 10.1.